The molecule has 0 bridgehead atoms. The van der Waals surface area contributed by atoms with Crippen molar-refractivity contribution in [2.24, 2.45) is 0 Å². The van der Waals surface area contributed by atoms with E-state index in [2.05, 4.69) is 10.3 Å². The van der Waals surface area contributed by atoms with E-state index in [-0.39, 0.29) is 35.8 Å². The average molecular weight is 452 g/mol. The summed E-state index contributed by atoms with van der Waals surface area (Å²) in [5.74, 6) is -0.837. The number of benzene rings is 2. The lowest BCUT2D eigenvalue weighted by Crippen LogP contribution is -2.16. The normalized spacial score (nSPS) is 12.9. The number of halogens is 2. The second-order valence-corrected chi connectivity index (χ2v) is 7.96. The van der Waals surface area contributed by atoms with Gasteiger partial charge >= 0.3 is 0 Å². The summed E-state index contributed by atoms with van der Waals surface area (Å²) >= 11 is 0. The number of pyridine rings is 1. The van der Waals surface area contributed by atoms with E-state index < -0.39 is 24.1 Å². The lowest BCUT2D eigenvalue weighted by Gasteiger charge is -2.10. The molecule has 0 aliphatic heterocycles. The molecule has 1 heterocycles. The van der Waals surface area contributed by atoms with Crippen molar-refractivity contribution in [2.45, 2.75) is 31.6 Å². The zero-order valence-electron chi connectivity index (χ0n) is 17.7. The van der Waals surface area contributed by atoms with E-state index in [1.807, 2.05) is 0 Å². The number of ether oxygens (including phenoxy) is 1. The molecule has 0 saturated heterocycles. The van der Waals surface area contributed by atoms with Crippen LogP contribution in [0, 0.1) is 11.6 Å². The molecule has 33 heavy (non-hydrogen) atoms. The highest BCUT2D eigenvalue weighted by molar-refractivity contribution is 5.90. The van der Waals surface area contributed by atoms with Gasteiger partial charge in [-0.1, -0.05) is 18.2 Å². The Balaban J connectivity index is 1.40. The minimum atomic E-state index is -0.684. The minimum absolute atomic E-state index is 0.0938. The number of aliphatic hydroxyl groups excluding tert-OH is 1. The number of ketones is 1. The van der Waals surface area contributed by atoms with Crippen molar-refractivity contribution >= 4 is 17.5 Å². The Kier molecular flexibility index (Phi) is 6.74. The Morgan fingerprint density at radius 2 is 1.73 bits per heavy atom. The number of aliphatic hydroxyl groups is 1. The summed E-state index contributed by atoms with van der Waals surface area (Å²) in [5, 5.41) is 11.2. The molecule has 1 aliphatic rings. The fraction of sp³-hybridized carbons (Fsp3) is 0.240. The summed E-state index contributed by atoms with van der Waals surface area (Å²) in [5.41, 5.74) is 1.57. The van der Waals surface area contributed by atoms with Gasteiger partial charge < -0.3 is 15.2 Å². The summed E-state index contributed by atoms with van der Waals surface area (Å²) in [6, 6.07) is 12.0. The van der Waals surface area contributed by atoms with Crippen LogP contribution in [0.3, 0.4) is 0 Å². The van der Waals surface area contributed by atoms with E-state index in [0.29, 0.717) is 17.2 Å². The Labute approximate surface area is 189 Å². The number of nitrogens with zero attached hydrogens (tertiary/aromatic N) is 1. The smallest absolute Gasteiger partial charge is 0.251 e. The third-order valence-electron chi connectivity index (χ3n) is 5.30. The highest BCUT2D eigenvalue weighted by Gasteiger charge is 2.24. The van der Waals surface area contributed by atoms with Gasteiger partial charge in [-0.15, -0.1) is 0 Å². The number of Topliss-reactive ketones (excluding diaryl/α,β-unsaturated/α-hetero) is 1. The van der Waals surface area contributed by atoms with Crippen LogP contribution >= 0.6 is 0 Å². The Morgan fingerprint density at radius 1 is 0.970 bits per heavy atom. The van der Waals surface area contributed by atoms with Crippen molar-refractivity contribution in [2.75, 3.05) is 11.9 Å². The minimum Gasteiger partial charge on any atom is -0.457 e. The second kappa shape index (κ2) is 9.87. The van der Waals surface area contributed by atoms with Crippen LogP contribution in [0.2, 0.25) is 0 Å². The number of carbonyl (C=O) groups is 2. The molecule has 2 aromatic carbocycles. The third kappa shape index (κ3) is 5.98. The molecular formula is C25H22F2N2O4. The maximum Gasteiger partial charge on any atom is 0.251 e. The van der Waals surface area contributed by atoms with Gasteiger partial charge in [0.2, 0.25) is 0 Å². The number of aromatic nitrogens is 1. The molecule has 4 rings (SSSR count). The Hall–Kier alpha value is -3.65. The molecule has 2 N–H and O–H groups in total. The summed E-state index contributed by atoms with van der Waals surface area (Å²) in [7, 11) is 0. The van der Waals surface area contributed by atoms with Crippen molar-refractivity contribution < 1.29 is 28.2 Å². The molecule has 1 saturated carbocycles. The molecule has 8 heteroatoms. The van der Waals surface area contributed by atoms with Crippen LogP contribution in [0.5, 0.6) is 11.5 Å². The monoisotopic (exact) mass is 452 g/mol. The number of rotatable bonds is 9. The van der Waals surface area contributed by atoms with E-state index in [1.165, 1.54) is 36.5 Å². The summed E-state index contributed by atoms with van der Waals surface area (Å²) in [6.07, 6.45) is 3.30. The maximum absolute atomic E-state index is 14.6. The molecular weight excluding hydrogens is 430 g/mol. The van der Waals surface area contributed by atoms with Crippen molar-refractivity contribution in [3.8, 4) is 11.5 Å². The predicted octanol–water partition coefficient (Wildman–Crippen LogP) is 4.31. The van der Waals surface area contributed by atoms with E-state index in [0.717, 1.165) is 24.5 Å². The standard InChI is InChI=1S/C25H22F2N2O4/c26-22-6-4-16(15-1-2-15)9-18(22)11-19(31)10-17-3-5-20(12-23(17)27)33-21-7-8-28-24(13-21)29-25(32)14-30/h3-9,12-13,15,30H,1-2,10-11,14H2,(H,28,29,32). The zero-order chi connectivity index (χ0) is 23.4. The predicted molar refractivity (Wildman–Crippen MR) is 117 cm³/mol. The summed E-state index contributed by atoms with van der Waals surface area (Å²) < 4.78 is 34.3. The molecule has 1 aromatic heterocycles. The number of hydrogen-bond acceptors (Lipinski definition) is 5. The van der Waals surface area contributed by atoms with E-state index in [4.69, 9.17) is 9.84 Å². The van der Waals surface area contributed by atoms with Gasteiger partial charge in [-0.3, -0.25) is 9.59 Å². The van der Waals surface area contributed by atoms with Crippen molar-refractivity contribution in [1.29, 1.82) is 0 Å². The van der Waals surface area contributed by atoms with Gasteiger partial charge in [0.15, 0.2) is 0 Å². The number of carbonyl (C=O) groups excluding carboxylic acids is 2. The van der Waals surface area contributed by atoms with Crippen LogP contribution in [0.1, 0.15) is 35.4 Å². The van der Waals surface area contributed by atoms with Crippen LogP contribution in [0.25, 0.3) is 0 Å². The van der Waals surface area contributed by atoms with Crippen molar-refractivity contribution in [1.82, 2.24) is 4.98 Å². The van der Waals surface area contributed by atoms with Gasteiger partial charge in [0.1, 0.15) is 41.3 Å². The molecule has 0 spiro atoms. The topological polar surface area (TPSA) is 88.5 Å². The molecule has 3 aromatic rings. The third-order valence-corrected chi connectivity index (χ3v) is 5.30. The summed E-state index contributed by atoms with van der Waals surface area (Å²) in [4.78, 5) is 27.7. The Bertz CT molecular complexity index is 1190. The van der Waals surface area contributed by atoms with Crippen LogP contribution in [-0.2, 0) is 22.4 Å². The first-order valence-electron chi connectivity index (χ1n) is 10.5. The van der Waals surface area contributed by atoms with E-state index in [9.17, 15) is 18.4 Å². The highest BCUT2D eigenvalue weighted by atomic mass is 19.1. The fourth-order valence-corrected chi connectivity index (χ4v) is 3.48. The molecule has 1 fully saturated rings. The first-order chi connectivity index (χ1) is 15.9. The molecule has 170 valence electrons. The van der Waals surface area contributed by atoms with Gasteiger partial charge in [0.25, 0.3) is 5.91 Å². The van der Waals surface area contributed by atoms with Crippen LogP contribution in [-0.4, -0.2) is 28.4 Å². The van der Waals surface area contributed by atoms with E-state index in [1.54, 1.807) is 12.1 Å². The molecule has 0 atom stereocenters. The first kappa shape index (κ1) is 22.5. The highest BCUT2D eigenvalue weighted by Crippen LogP contribution is 2.40. The van der Waals surface area contributed by atoms with Crippen LogP contribution < -0.4 is 10.1 Å². The van der Waals surface area contributed by atoms with Crippen molar-refractivity contribution in [3.63, 3.8) is 0 Å². The summed E-state index contributed by atoms with van der Waals surface area (Å²) in [6.45, 7) is -0.684. The number of hydrogen-bond donors (Lipinski definition) is 2. The van der Waals surface area contributed by atoms with Crippen LogP contribution in [0.4, 0.5) is 14.6 Å². The zero-order valence-corrected chi connectivity index (χ0v) is 17.7. The van der Waals surface area contributed by atoms with Gasteiger partial charge in [0.05, 0.1) is 0 Å². The van der Waals surface area contributed by atoms with Crippen LogP contribution in [0.15, 0.2) is 54.7 Å². The van der Waals surface area contributed by atoms with Gasteiger partial charge in [-0.05, 0) is 53.6 Å². The second-order valence-electron chi connectivity index (χ2n) is 7.96. The van der Waals surface area contributed by atoms with Crippen molar-refractivity contribution in [3.05, 3.63) is 83.1 Å². The van der Waals surface area contributed by atoms with E-state index >= 15 is 0 Å². The molecule has 0 unspecified atom stereocenters. The molecule has 6 nitrogen and oxygen atoms in total. The molecule has 1 aliphatic carbocycles. The Morgan fingerprint density at radius 3 is 2.45 bits per heavy atom. The first-order valence-corrected chi connectivity index (χ1v) is 10.5. The lowest BCUT2D eigenvalue weighted by atomic mass is 9.99. The van der Waals surface area contributed by atoms with Gasteiger partial charge in [-0.25, -0.2) is 13.8 Å². The quantitative estimate of drug-likeness (QED) is 0.505. The SMILES string of the molecule is O=C(Cc1ccc(Oc2ccnc(NC(=O)CO)c2)cc1F)Cc1cc(C2CC2)ccc1F. The number of amides is 1. The van der Waals surface area contributed by atoms with Gasteiger partial charge in [-0.2, -0.15) is 0 Å². The molecule has 0 radical (unpaired) electrons. The van der Waals surface area contributed by atoms with Gasteiger partial charge in [0, 0.05) is 31.2 Å². The maximum atomic E-state index is 14.6. The largest absolute Gasteiger partial charge is 0.457 e. The number of nitrogens with one attached hydrogen (secondary N) is 1. The average Bonchev–Trinajstić information content (AvgIpc) is 3.63. The number of anilines is 1. The molecule has 1 amide bonds. The fourth-order valence-electron chi connectivity index (χ4n) is 3.48. The lowest BCUT2D eigenvalue weighted by molar-refractivity contribution is -0.119.